The number of thiazole rings is 1. The van der Waals surface area contributed by atoms with Gasteiger partial charge in [0.2, 0.25) is 0 Å². The highest BCUT2D eigenvalue weighted by molar-refractivity contribution is 7.84. The summed E-state index contributed by atoms with van der Waals surface area (Å²) in [5.41, 5.74) is 0. The average Bonchev–Trinajstić information content (AvgIpc) is 2.77. The standard InChI is InChI=1S/C9H13ClN2OS2/c10-9-12-4-8(14-9)6-15(13)5-7-2-1-3-11-7/h4,7,11H,1-3,5-6H2/t7-,15+/m0/s1. The molecule has 2 heterocycles. The molecular weight excluding hydrogens is 252 g/mol. The molecule has 0 spiro atoms. The van der Waals surface area contributed by atoms with Gasteiger partial charge in [0, 0.05) is 33.7 Å². The Balaban J connectivity index is 1.81. The fourth-order valence-electron chi connectivity index (χ4n) is 1.69. The zero-order chi connectivity index (χ0) is 10.7. The third-order valence-electron chi connectivity index (χ3n) is 2.38. The Hall–Kier alpha value is 0.0300. The summed E-state index contributed by atoms with van der Waals surface area (Å²) in [6, 6.07) is 0.439. The second kappa shape index (κ2) is 5.39. The monoisotopic (exact) mass is 264 g/mol. The van der Waals surface area contributed by atoms with E-state index in [9.17, 15) is 4.21 Å². The highest BCUT2D eigenvalue weighted by Crippen LogP contribution is 2.19. The molecule has 2 rings (SSSR count). The Morgan fingerprint density at radius 1 is 1.73 bits per heavy atom. The van der Waals surface area contributed by atoms with E-state index in [2.05, 4.69) is 10.3 Å². The quantitative estimate of drug-likeness (QED) is 0.902. The zero-order valence-electron chi connectivity index (χ0n) is 8.24. The molecule has 0 amide bonds. The first kappa shape index (κ1) is 11.5. The Bertz CT molecular complexity index is 350. The average molecular weight is 265 g/mol. The molecular formula is C9H13ClN2OS2. The molecule has 1 saturated heterocycles. The van der Waals surface area contributed by atoms with Gasteiger partial charge in [0.25, 0.3) is 0 Å². The van der Waals surface area contributed by atoms with Crippen molar-refractivity contribution in [2.75, 3.05) is 12.3 Å². The van der Waals surface area contributed by atoms with Gasteiger partial charge in [-0.1, -0.05) is 11.6 Å². The van der Waals surface area contributed by atoms with Gasteiger partial charge < -0.3 is 5.32 Å². The first-order chi connectivity index (χ1) is 7.24. The molecule has 3 nitrogen and oxygen atoms in total. The predicted octanol–water partition coefficient (Wildman–Crippen LogP) is 1.80. The number of rotatable bonds is 4. The van der Waals surface area contributed by atoms with Crippen LogP contribution in [0.5, 0.6) is 0 Å². The number of halogens is 1. The van der Waals surface area contributed by atoms with E-state index < -0.39 is 10.8 Å². The maximum absolute atomic E-state index is 11.8. The minimum atomic E-state index is -0.798. The summed E-state index contributed by atoms with van der Waals surface area (Å²) in [4.78, 5) is 4.95. The SMILES string of the molecule is O=[S@@](Cc1cnc(Cl)s1)C[C@@H]1CCCN1. The van der Waals surface area contributed by atoms with E-state index in [4.69, 9.17) is 11.6 Å². The Morgan fingerprint density at radius 2 is 2.60 bits per heavy atom. The molecule has 1 aromatic rings. The number of hydrogen-bond acceptors (Lipinski definition) is 4. The summed E-state index contributed by atoms with van der Waals surface area (Å²) in [6.45, 7) is 1.06. The van der Waals surface area contributed by atoms with Gasteiger partial charge in [-0.2, -0.15) is 0 Å². The molecule has 1 fully saturated rings. The van der Waals surface area contributed by atoms with Crippen molar-refractivity contribution < 1.29 is 4.21 Å². The largest absolute Gasteiger partial charge is 0.313 e. The zero-order valence-corrected chi connectivity index (χ0v) is 10.6. The highest BCUT2D eigenvalue weighted by Gasteiger charge is 2.17. The molecule has 0 aromatic carbocycles. The van der Waals surface area contributed by atoms with Gasteiger partial charge in [-0.25, -0.2) is 4.98 Å². The van der Waals surface area contributed by atoms with Crippen molar-refractivity contribution in [3.8, 4) is 0 Å². The summed E-state index contributed by atoms with van der Waals surface area (Å²) in [5, 5.41) is 3.35. The second-order valence-corrected chi connectivity index (χ2v) is 6.82. The Labute approximate surface area is 101 Å². The number of nitrogens with one attached hydrogen (secondary N) is 1. The van der Waals surface area contributed by atoms with Crippen LogP contribution in [-0.4, -0.2) is 27.5 Å². The normalized spacial score (nSPS) is 23.1. The van der Waals surface area contributed by atoms with Crippen LogP contribution >= 0.6 is 22.9 Å². The van der Waals surface area contributed by atoms with Crippen molar-refractivity contribution in [1.29, 1.82) is 0 Å². The fraction of sp³-hybridized carbons (Fsp3) is 0.667. The second-order valence-electron chi connectivity index (χ2n) is 3.62. The molecule has 84 valence electrons. The molecule has 15 heavy (non-hydrogen) atoms. The van der Waals surface area contributed by atoms with Gasteiger partial charge in [0.05, 0.1) is 5.75 Å². The fourth-order valence-corrected chi connectivity index (χ4v) is 4.34. The lowest BCUT2D eigenvalue weighted by molar-refractivity contribution is 0.643. The summed E-state index contributed by atoms with van der Waals surface area (Å²) in [5.74, 6) is 1.33. The number of hydrogen-bond donors (Lipinski definition) is 1. The number of aromatic nitrogens is 1. The van der Waals surface area contributed by atoms with Crippen LogP contribution in [0, 0.1) is 0 Å². The van der Waals surface area contributed by atoms with Crippen molar-refractivity contribution in [3.63, 3.8) is 0 Å². The first-order valence-corrected chi connectivity index (χ1v) is 7.61. The van der Waals surface area contributed by atoms with Crippen molar-refractivity contribution in [2.24, 2.45) is 0 Å². The predicted molar refractivity (Wildman–Crippen MR) is 64.9 cm³/mol. The van der Waals surface area contributed by atoms with Crippen LogP contribution in [0.1, 0.15) is 17.7 Å². The van der Waals surface area contributed by atoms with Gasteiger partial charge in [0.15, 0.2) is 4.47 Å². The van der Waals surface area contributed by atoms with E-state index in [1.54, 1.807) is 6.20 Å². The molecule has 1 aliphatic rings. The van der Waals surface area contributed by atoms with Crippen LogP contribution in [0.3, 0.4) is 0 Å². The lowest BCUT2D eigenvalue weighted by atomic mass is 10.3. The van der Waals surface area contributed by atoms with Crippen molar-refractivity contribution in [2.45, 2.75) is 24.6 Å². The first-order valence-electron chi connectivity index (χ1n) is 4.92. The van der Waals surface area contributed by atoms with Crippen molar-refractivity contribution in [1.82, 2.24) is 10.3 Å². The Morgan fingerprint density at radius 3 is 3.20 bits per heavy atom. The van der Waals surface area contributed by atoms with E-state index in [0.717, 1.165) is 23.6 Å². The van der Waals surface area contributed by atoms with Crippen molar-refractivity contribution in [3.05, 3.63) is 15.5 Å². The molecule has 1 aliphatic heterocycles. The van der Waals surface area contributed by atoms with Crippen LogP contribution in [0.25, 0.3) is 0 Å². The van der Waals surface area contributed by atoms with Gasteiger partial charge in [-0.05, 0) is 19.4 Å². The smallest absolute Gasteiger partial charge is 0.183 e. The molecule has 0 saturated carbocycles. The van der Waals surface area contributed by atoms with E-state index in [0.29, 0.717) is 16.3 Å². The molecule has 0 radical (unpaired) electrons. The summed E-state index contributed by atoms with van der Waals surface area (Å²) in [6.07, 6.45) is 4.07. The topological polar surface area (TPSA) is 42.0 Å². The molecule has 1 N–H and O–H groups in total. The third-order valence-corrected chi connectivity index (χ3v) is 5.08. The van der Waals surface area contributed by atoms with Crippen LogP contribution in [-0.2, 0) is 16.6 Å². The summed E-state index contributed by atoms with van der Waals surface area (Å²) >= 11 is 7.13. The lowest BCUT2D eigenvalue weighted by Crippen LogP contribution is -2.27. The van der Waals surface area contributed by atoms with E-state index in [-0.39, 0.29) is 0 Å². The van der Waals surface area contributed by atoms with Crippen LogP contribution in [0.15, 0.2) is 6.20 Å². The van der Waals surface area contributed by atoms with Gasteiger partial charge in [0.1, 0.15) is 0 Å². The number of nitrogens with zero attached hydrogens (tertiary/aromatic N) is 1. The Kier molecular flexibility index (Phi) is 4.13. The highest BCUT2D eigenvalue weighted by atomic mass is 35.5. The molecule has 0 bridgehead atoms. The maximum Gasteiger partial charge on any atom is 0.183 e. The van der Waals surface area contributed by atoms with Crippen LogP contribution < -0.4 is 5.32 Å². The minimum Gasteiger partial charge on any atom is -0.313 e. The molecule has 1 aromatic heterocycles. The van der Waals surface area contributed by atoms with Crippen molar-refractivity contribution >= 4 is 33.7 Å². The lowest BCUT2D eigenvalue weighted by Gasteiger charge is -2.08. The van der Waals surface area contributed by atoms with Crippen LogP contribution in [0.2, 0.25) is 4.47 Å². The van der Waals surface area contributed by atoms with Gasteiger partial charge in [-0.3, -0.25) is 4.21 Å². The minimum absolute atomic E-state index is 0.439. The van der Waals surface area contributed by atoms with E-state index >= 15 is 0 Å². The van der Waals surface area contributed by atoms with Crippen LogP contribution in [0.4, 0.5) is 0 Å². The molecule has 0 aliphatic carbocycles. The molecule has 0 unspecified atom stereocenters. The van der Waals surface area contributed by atoms with E-state index in [1.807, 2.05) is 0 Å². The molecule has 6 heteroatoms. The third kappa shape index (κ3) is 3.52. The molecule has 2 atom stereocenters. The van der Waals surface area contributed by atoms with Gasteiger partial charge >= 0.3 is 0 Å². The van der Waals surface area contributed by atoms with E-state index in [1.165, 1.54) is 17.8 Å². The summed E-state index contributed by atoms with van der Waals surface area (Å²) in [7, 11) is -0.798. The van der Waals surface area contributed by atoms with Gasteiger partial charge in [-0.15, -0.1) is 11.3 Å². The summed E-state index contributed by atoms with van der Waals surface area (Å²) < 4.78 is 12.3. The maximum atomic E-state index is 11.8.